The Balaban J connectivity index is 2.35. The van der Waals surface area contributed by atoms with E-state index >= 15 is 0 Å². The minimum absolute atomic E-state index is 0.0534. The average Bonchev–Trinajstić information content (AvgIpc) is 2.22. The van der Waals surface area contributed by atoms with Gasteiger partial charge in [-0.15, -0.1) is 0 Å². The Bertz CT molecular complexity index is 216. The molecule has 0 amide bonds. The normalized spacial score (nSPS) is 36.0. The highest BCUT2D eigenvalue weighted by molar-refractivity contribution is 6.04. The maximum Gasteiger partial charge on any atom is 0.147 e. The summed E-state index contributed by atoms with van der Waals surface area (Å²) in [6, 6.07) is 0. The van der Waals surface area contributed by atoms with E-state index < -0.39 is 0 Å². The van der Waals surface area contributed by atoms with Gasteiger partial charge in [-0.3, -0.25) is 9.59 Å². The van der Waals surface area contributed by atoms with Gasteiger partial charge in [0.2, 0.25) is 0 Å². The number of rotatable bonds is 0. The Kier molecular flexibility index (Phi) is 1.41. The molecule has 2 atom stereocenters. The third-order valence-electron chi connectivity index (χ3n) is 2.54. The lowest BCUT2D eigenvalue weighted by atomic mass is 9.90. The summed E-state index contributed by atoms with van der Waals surface area (Å²) in [5.74, 6) is 0.341. The number of allylic oxidation sites excluding steroid dienone is 2. The van der Waals surface area contributed by atoms with E-state index in [4.69, 9.17) is 0 Å². The van der Waals surface area contributed by atoms with Gasteiger partial charge in [-0.25, -0.2) is 0 Å². The number of ketones is 2. The van der Waals surface area contributed by atoms with E-state index in [0.29, 0.717) is 0 Å². The van der Waals surface area contributed by atoms with E-state index in [1.807, 2.05) is 12.2 Å². The molecule has 0 aliphatic heterocycles. The van der Waals surface area contributed by atoms with Gasteiger partial charge in [-0.05, 0) is 12.8 Å². The standard InChI is InChI=1S/C9H10O2/c10-8-5-9(11)7-2-1-6(8)3-4-7/h1-2,6-7H,3-5H2. The molecular weight excluding hydrogens is 140 g/mol. The third-order valence-corrected chi connectivity index (χ3v) is 2.54. The van der Waals surface area contributed by atoms with Gasteiger partial charge in [0, 0.05) is 11.8 Å². The zero-order chi connectivity index (χ0) is 7.84. The van der Waals surface area contributed by atoms with Crippen molar-refractivity contribution in [1.82, 2.24) is 0 Å². The molecule has 0 heterocycles. The van der Waals surface area contributed by atoms with Crippen LogP contribution in [0.1, 0.15) is 19.3 Å². The van der Waals surface area contributed by atoms with Crippen molar-refractivity contribution in [3.63, 3.8) is 0 Å². The zero-order valence-electron chi connectivity index (χ0n) is 6.25. The molecule has 1 saturated carbocycles. The highest BCUT2D eigenvalue weighted by atomic mass is 16.1. The summed E-state index contributed by atoms with van der Waals surface area (Å²) in [4.78, 5) is 22.4. The first-order valence-corrected chi connectivity index (χ1v) is 4.01. The fourth-order valence-electron chi connectivity index (χ4n) is 1.79. The highest BCUT2D eigenvalue weighted by Crippen LogP contribution is 2.29. The Hall–Kier alpha value is -0.920. The van der Waals surface area contributed by atoms with E-state index in [1.165, 1.54) is 0 Å². The number of carbonyl (C=O) groups is 2. The van der Waals surface area contributed by atoms with Crippen LogP contribution in [0.2, 0.25) is 0 Å². The summed E-state index contributed by atoms with van der Waals surface area (Å²) >= 11 is 0. The SMILES string of the molecule is O=C1CC(=O)C2C=CC1CC2. The van der Waals surface area contributed by atoms with Crippen LogP contribution in [0.3, 0.4) is 0 Å². The van der Waals surface area contributed by atoms with E-state index in [1.54, 1.807) is 0 Å². The molecule has 2 unspecified atom stereocenters. The van der Waals surface area contributed by atoms with Gasteiger partial charge in [0.25, 0.3) is 0 Å². The van der Waals surface area contributed by atoms with E-state index in [0.717, 1.165) is 12.8 Å². The van der Waals surface area contributed by atoms with Crippen LogP contribution in [-0.4, -0.2) is 11.6 Å². The van der Waals surface area contributed by atoms with E-state index in [-0.39, 0.29) is 29.8 Å². The van der Waals surface area contributed by atoms with Gasteiger partial charge in [-0.2, -0.15) is 0 Å². The lowest BCUT2D eigenvalue weighted by Gasteiger charge is -2.13. The van der Waals surface area contributed by atoms with Crippen LogP contribution in [-0.2, 0) is 9.59 Å². The van der Waals surface area contributed by atoms with Gasteiger partial charge < -0.3 is 0 Å². The fraction of sp³-hybridized carbons (Fsp3) is 0.556. The summed E-state index contributed by atoms with van der Waals surface area (Å²) in [7, 11) is 0. The molecule has 0 N–H and O–H groups in total. The molecule has 0 spiro atoms. The summed E-state index contributed by atoms with van der Waals surface area (Å²) in [6.45, 7) is 0. The van der Waals surface area contributed by atoms with Crippen LogP contribution in [0.5, 0.6) is 0 Å². The summed E-state index contributed by atoms with van der Waals surface area (Å²) < 4.78 is 0. The molecule has 0 aromatic heterocycles. The molecule has 3 rings (SSSR count). The molecule has 0 radical (unpaired) electrons. The number of fused-ring (bicyclic) bond motifs is 3. The molecule has 58 valence electrons. The molecule has 1 fully saturated rings. The van der Waals surface area contributed by atoms with E-state index in [9.17, 15) is 9.59 Å². The number of hydrogen-bond donors (Lipinski definition) is 0. The van der Waals surface area contributed by atoms with Gasteiger partial charge in [0.15, 0.2) is 0 Å². The Labute approximate surface area is 65.3 Å². The second-order valence-electron chi connectivity index (χ2n) is 3.28. The topological polar surface area (TPSA) is 34.1 Å². The quantitative estimate of drug-likeness (QED) is 0.383. The smallest absolute Gasteiger partial charge is 0.147 e. The van der Waals surface area contributed by atoms with Crippen LogP contribution in [0.4, 0.5) is 0 Å². The van der Waals surface area contributed by atoms with Crippen molar-refractivity contribution in [3.8, 4) is 0 Å². The third kappa shape index (κ3) is 1.02. The second kappa shape index (κ2) is 2.29. The van der Waals surface area contributed by atoms with Crippen molar-refractivity contribution in [2.75, 3.05) is 0 Å². The van der Waals surface area contributed by atoms with Crippen LogP contribution >= 0.6 is 0 Å². The Morgan fingerprint density at radius 1 is 1.00 bits per heavy atom. The molecule has 3 aliphatic carbocycles. The van der Waals surface area contributed by atoms with Crippen LogP contribution in [0.25, 0.3) is 0 Å². The molecule has 0 saturated heterocycles. The molecular formula is C9H10O2. The first kappa shape index (κ1) is 6.77. The van der Waals surface area contributed by atoms with Crippen LogP contribution in [0.15, 0.2) is 12.2 Å². The monoisotopic (exact) mass is 150 g/mol. The van der Waals surface area contributed by atoms with Gasteiger partial charge in [-0.1, -0.05) is 12.2 Å². The Morgan fingerprint density at radius 2 is 1.45 bits per heavy atom. The molecule has 2 heteroatoms. The summed E-state index contributed by atoms with van der Waals surface area (Å²) in [5, 5.41) is 0. The number of carbonyl (C=O) groups excluding carboxylic acids is 2. The van der Waals surface area contributed by atoms with Gasteiger partial charge in [0.05, 0.1) is 6.42 Å². The van der Waals surface area contributed by atoms with Crippen molar-refractivity contribution < 1.29 is 9.59 Å². The fourth-order valence-corrected chi connectivity index (χ4v) is 1.79. The number of hydrogen-bond acceptors (Lipinski definition) is 2. The molecule has 3 aliphatic rings. The molecule has 11 heavy (non-hydrogen) atoms. The van der Waals surface area contributed by atoms with Crippen molar-refractivity contribution in [2.45, 2.75) is 19.3 Å². The highest BCUT2D eigenvalue weighted by Gasteiger charge is 2.31. The molecule has 0 aromatic carbocycles. The molecule has 2 bridgehead atoms. The van der Waals surface area contributed by atoms with Crippen LogP contribution in [0, 0.1) is 11.8 Å². The van der Waals surface area contributed by atoms with Crippen molar-refractivity contribution in [2.24, 2.45) is 11.8 Å². The predicted molar refractivity (Wildman–Crippen MR) is 40.0 cm³/mol. The first-order valence-electron chi connectivity index (χ1n) is 4.01. The van der Waals surface area contributed by atoms with Crippen molar-refractivity contribution >= 4 is 11.6 Å². The largest absolute Gasteiger partial charge is 0.299 e. The maximum absolute atomic E-state index is 11.2. The first-order chi connectivity index (χ1) is 5.27. The minimum atomic E-state index is 0.0534. The predicted octanol–water partition coefficient (Wildman–Crippen LogP) is 1.11. The maximum atomic E-state index is 11.2. The van der Waals surface area contributed by atoms with Crippen LogP contribution < -0.4 is 0 Å². The molecule has 0 aromatic rings. The lowest BCUT2D eigenvalue weighted by Crippen LogP contribution is -2.11. The summed E-state index contributed by atoms with van der Waals surface area (Å²) in [6.07, 6.45) is 5.74. The van der Waals surface area contributed by atoms with Gasteiger partial charge in [0.1, 0.15) is 11.6 Å². The molecule has 2 nitrogen and oxygen atoms in total. The lowest BCUT2D eigenvalue weighted by molar-refractivity contribution is -0.127. The average molecular weight is 150 g/mol. The van der Waals surface area contributed by atoms with Crippen molar-refractivity contribution in [1.29, 1.82) is 0 Å². The second-order valence-corrected chi connectivity index (χ2v) is 3.28. The minimum Gasteiger partial charge on any atom is -0.299 e. The Morgan fingerprint density at radius 3 is 1.82 bits per heavy atom. The zero-order valence-corrected chi connectivity index (χ0v) is 6.25. The van der Waals surface area contributed by atoms with E-state index in [2.05, 4.69) is 0 Å². The van der Waals surface area contributed by atoms with Crippen molar-refractivity contribution in [3.05, 3.63) is 12.2 Å². The van der Waals surface area contributed by atoms with Gasteiger partial charge >= 0.3 is 0 Å². The summed E-state index contributed by atoms with van der Waals surface area (Å²) in [5.41, 5.74) is 0. The number of Topliss-reactive ketones (excluding diaryl/α,β-unsaturated/α-hetero) is 2.